The Labute approximate surface area is 169 Å². The molecule has 3 rings (SSSR count). The molecule has 0 unspecified atom stereocenters. The standard InChI is InChI=1S/C21H26N2O4S/c1-5-26-21(25)19-15-9-10-23(4)11-17(15)28-20(19)22-18(24)12-27-16-8-6-7-13(2)14(16)3/h6-8H,5,9-12H2,1-4H3,(H,22,24). The van der Waals surface area contributed by atoms with Gasteiger partial charge in [0.15, 0.2) is 6.61 Å². The number of nitrogens with zero attached hydrogens (tertiary/aromatic N) is 1. The molecule has 28 heavy (non-hydrogen) atoms. The molecule has 0 radical (unpaired) electrons. The summed E-state index contributed by atoms with van der Waals surface area (Å²) in [7, 11) is 2.04. The minimum absolute atomic E-state index is 0.116. The third-order valence-corrected chi connectivity index (χ3v) is 6.03. The van der Waals surface area contributed by atoms with Gasteiger partial charge in [-0.1, -0.05) is 12.1 Å². The van der Waals surface area contributed by atoms with Gasteiger partial charge in [-0.2, -0.15) is 0 Å². The highest BCUT2D eigenvalue weighted by atomic mass is 32.1. The van der Waals surface area contributed by atoms with Crippen molar-refractivity contribution in [2.75, 3.05) is 32.1 Å². The van der Waals surface area contributed by atoms with E-state index in [1.54, 1.807) is 6.92 Å². The zero-order valence-corrected chi connectivity index (χ0v) is 17.6. The lowest BCUT2D eigenvalue weighted by Crippen LogP contribution is -2.26. The summed E-state index contributed by atoms with van der Waals surface area (Å²) >= 11 is 1.45. The Morgan fingerprint density at radius 3 is 2.82 bits per heavy atom. The number of rotatable bonds is 6. The molecule has 1 amide bonds. The fraction of sp³-hybridized carbons (Fsp3) is 0.429. The first-order valence-corrected chi connectivity index (χ1v) is 10.2. The smallest absolute Gasteiger partial charge is 0.341 e. The molecule has 0 bridgehead atoms. The van der Waals surface area contributed by atoms with Crippen molar-refractivity contribution in [3.63, 3.8) is 0 Å². The number of aryl methyl sites for hydroxylation is 1. The van der Waals surface area contributed by atoms with E-state index in [0.717, 1.165) is 41.1 Å². The van der Waals surface area contributed by atoms with Crippen molar-refractivity contribution in [2.45, 2.75) is 33.7 Å². The van der Waals surface area contributed by atoms with Crippen LogP contribution in [0.3, 0.4) is 0 Å². The van der Waals surface area contributed by atoms with Gasteiger partial charge >= 0.3 is 5.97 Å². The van der Waals surface area contributed by atoms with E-state index in [2.05, 4.69) is 10.2 Å². The van der Waals surface area contributed by atoms with Crippen LogP contribution in [-0.2, 0) is 22.5 Å². The van der Waals surface area contributed by atoms with Gasteiger partial charge < -0.3 is 19.7 Å². The number of fused-ring (bicyclic) bond motifs is 1. The molecule has 0 fully saturated rings. The van der Waals surface area contributed by atoms with Gasteiger partial charge in [-0.05, 0) is 57.0 Å². The molecular weight excluding hydrogens is 376 g/mol. The van der Waals surface area contributed by atoms with Gasteiger partial charge in [0, 0.05) is 18.0 Å². The van der Waals surface area contributed by atoms with Crippen LogP contribution >= 0.6 is 11.3 Å². The Bertz CT molecular complexity index is 891. The summed E-state index contributed by atoms with van der Waals surface area (Å²) in [5.41, 5.74) is 3.61. The largest absolute Gasteiger partial charge is 0.483 e. The second kappa shape index (κ2) is 8.75. The van der Waals surface area contributed by atoms with Crippen LogP contribution < -0.4 is 10.1 Å². The summed E-state index contributed by atoms with van der Waals surface area (Å²) in [6.07, 6.45) is 0.769. The van der Waals surface area contributed by atoms with Crippen LogP contribution in [0.1, 0.15) is 38.8 Å². The minimum Gasteiger partial charge on any atom is -0.483 e. The number of hydrogen-bond donors (Lipinski definition) is 1. The van der Waals surface area contributed by atoms with Gasteiger partial charge in [-0.3, -0.25) is 4.79 Å². The van der Waals surface area contributed by atoms with Crippen molar-refractivity contribution in [3.8, 4) is 5.75 Å². The molecule has 2 heterocycles. The molecule has 1 aliphatic heterocycles. The number of esters is 1. The third-order valence-electron chi connectivity index (χ3n) is 4.89. The zero-order chi connectivity index (χ0) is 20.3. The number of amides is 1. The average Bonchev–Trinajstić information content (AvgIpc) is 2.99. The molecule has 1 aromatic carbocycles. The lowest BCUT2D eigenvalue weighted by atomic mass is 10.0. The van der Waals surface area contributed by atoms with Crippen LogP contribution in [0.4, 0.5) is 5.00 Å². The highest BCUT2D eigenvalue weighted by Gasteiger charge is 2.28. The number of anilines is 1. The van der Waals surface area contributed by atoms with Crippen LogP contribution in [0, 0.1) is 13.8 Å². The van der Waals surface area contributed by atoms with E-state index in [1.165, 1.54) is 11.3 Å². The average molecular weight is 403 g/mol. The molecule has 2 aromatic rings. The highest BCUT2D eigenvalue weighted by Crippen LogP contribution is 2.37. The van der Waals surface area contributed by atoms with Crippen LogP contribution in [0.15, 0.2) is 18.2 Å². The molecule has 0 saturated heterocycles. The molecule has 0 aliphatic carbocycles. The van der Waals surface area contributed by atoms with E-state index in [1.807, 2.05) is 39.1 Å². The molecule has 0 saturated carbocycles. The van der Waals surface area contributed by atoms with Crippen molar-refractivity contribution < 1.29 is 19.1 Å². The lowest BCUT2D eigenvalue weighted by Gasteiger charge is -2.22. The molecular formula is C21H26N2O4S. The van der Waals surface area contributed by atoms with Crippen molar-refractivity contribution in [1.29, 1.82) is 0 Å². The maximum atomic E-state index is 12.5. The number of hydrogen-bond acceptors (Lipinski definition) is 6. The van der Waals surface area contributed by atoms with Crippen molar-refractivity contribution >= 4 is 28.2 Å². The first kappa shape index (κ1) is 20.4. The van der Waals surface area contributed by atoms with Gasteiger partial charge in [0.05, 0.1) is 12.2 Å². The third kappa shape index (κ3) is 4.36. The molecule has 0 atom stereocenters. The first-order chi connectivity index (χ1) is 13.4. The van der Waals surface area contributed by atoms with Gasteiger partial charge in [0.2, 0.25) is 0 Å². The zero-order valence-electron chi connectivity index (χ0n) is 16.8. The summed E-state index contributed by atoms with van der Waals surface area (Å²) in [5.74, 6) is 0.0153. The number of benzene rings is 1. The Kier molecular flexibility index (Phi) is 6.36. The minimum atomic E-state index is -0.379. The number of ether oxygens (including phenoxy) is 2. The van der Waals surface area contributed by atoms with Crippen LogP contribution in [0.2, 0.25) is 0 Å². The summed E-state index contributed by atoms with van der Waals surface area (Å²) in [5, 5.41) is 3.41. The molecule has 1 N–H and O–H groups in total. The van der Waals surface area contributed by atoms with Crippen molar-refractivity contribution in [3.05, 3.63) is 45.3 Å². The highest BCUT2D eigenvalue weighted by molar-refractivity contribution is 7.17. The first-order valence-electron chi connectivity index (χ1n) is 9.39. The lowest BCUT2D eigenvalue weighted by molar-refractivity contribution is -0.118. The summed E-state index contributed by atoms with van der Waals surface area (Å²) in [6, 6.07) is 5.75. The fourth-order valence-corrected chi connectivity index (χ4v) is 4.56. The summed E-state index contributed by atoms with van der Waals surface area (Å²) < 4.78 is 10.9. The molecule has 1 aliphatic rings. The van der Waals surface area contributed by atoms with Crippen LogP contribution in [0.5, 0.6) is 5.75 Å². The van der Waals surface area contributed by atoms with Crippen molar-refractivity contribution in [1.82, 2.24) is 4.90 Å². The van der Waals surface area contributed by atoms with Gasteiger partial charge in [0.25, 0.3) is 5.91 Å². The molecule has 6 nitrogen and oxygen atoms in total. The van der Waals surface area contributed by atoms with E-state index < -0.39 is 0 Å². The molecule has 150 valence electrons. The Morgan fingerprint density at radius 2 is 2.07 bits per heavy atom. The SMILES string of the molecule is CCOC(=O)c1c(NC(=O)COc2cccc(C)c2C)sc2c1CCN(C)C2. The van der Waals surface area contributed by atoms with Crippen LogP contribution in [-0.4, -0.2) is 43.6 Å². The Hall–Kier alpha value is -2.38. The van der Waals surface area contributed by atoms with Gasteiger partial charge in [-0.15, -0.1) is 11.3 Å². The number of nitrogens with one attached hydrogen (secondary N) is 1. The topological polar surface area (TPSA) is 67.9 Å². The second-order valence-electron chi connectivity index (χ2n) is 6.95. The predicted octanol–water partition coefficient (Wildman–Crippen LogP) is 3.55. The van der Waals surface area contributed by atoms with Crippen LogP contribution in [0.25, 0.3) is 0 Å². The monoisotopic (exact) mass is 402 g/mol. The fourth-order valence-electron chi connectivity index (χ4n) is 3.23. The quantitative estimate of drug-likeness (QED) is 0.749. The molecule has 7 heteroatoms. The van der Waals surface area contributed by atoms with E-state index >= 15 is 0 Å². The van der Waals surface area contributed by atoms with E-state index in [4.69, 9.17) is 9.47 Å². The summed E-state index contributed by atoms with van der Waals surface area (Å²) in [4.78, 5) is 28.3. The number of carbonyl (C=O) groups excluding carboxylic acids is 2. The second-order valence-corrected chi connectivity index (χ2v) is 8.06. The Balaban J connectivity index is 1.76. The normalized spacial score (nSPS) is 13.7. The summed E-state index contributed by atoms with van der Waals surface area (Å²) in [6.45, 7) is 7.56. The van der Waals surface area contributed by atoms with E-state index in [-0.39, 0.29) is 18.5 Å². The molecule has 1 aromatic heterocycles. The van der Waals surface area contributed by atoms with E-state index in [0.29, 0.717) is 22.9 Å². The van der Waals surface area contributed by atoms with Gasteiger partial charge in [-0.25, -0.2) is 4.79 Å². The number of likely N-dealkylation sites (N-methyl/N-ethyl adjacent to an activating group) is 1. The maximum Gasteiger partial charge on any atom is 0.341 e. The number of thiophene rings is 1. The van der Waals surface area contributed by atoms with E-state index in [9.17, 15) is 9.59 Å². The maximum absolute atomic E-state index is 12.5. The molecule has 0 spiro atoms. The Morgan fingerprint density at radius 1 is 1.29 bits per heavy atom. The predicted molar refractivity (Wildman–Crippen MR) is 110 cm³/mol. The van der Waals surface area contributed by atoms with Crippen molar-refractivity contribution in [2.24, 2.45) is 0 Å². The number of carbonyl (C=O) groups is 2. The van der Waals surface area contributed by atoms with Gasteiger partial charge in [0.1, 0.15) is 10.8 Å².